The Hall–Kier alpha value is -3.11. The summed E-state index contributed by atoms with van der Waals surface area (Å²) in [5, 5.41) is 2.56. The molecule has 2 N–H and O–H groups in total. The number of thioether (sulfide) groups is 1. The zero-order chi connectivity index (χ0) is 23.3. The van der Waals surface area contributed by atoms with Gasteiger partial charge in [0.1, 0.15) is 10.6 Å². The normalized spacial score (nSPS) is 11.3. The molecule has 0 fully saturated rings. The lowest BCUT2D eigenvalue weighted by molar-refractivity contribution is 0.102. The van der Waals surface area contributed by atoms with Crippen LogP contribution in [0, 0.1) is 6.92 Å². The second-order valence-electron chi connectivity index (χ2n) is 6.67. The Morgan fingerprint density at radius 3 is 2.38 bits per heavy atom. The molecule has 0 radical (unpaired) electrons. The van der Waals surface area contributed by atoms with Crippen LogP contribution in [0.5, 0.6) is 5.75 Å². The molecule has 0 heterocycles. The number of alkyl halides is 2. The number of methoxy groups -OCH3 is 1. The number of hydrogen-bond acceptors (Lipinski definition) is 5. The highest BCUT2D eigenvalue weighted by Gasteiger charge is 2.22. The highest BCUT2D eigenvalue weighted by molar-refractivity contribution is 7.99. The topological polar surface area (TPSA) is 84.5 Å². The van der Waals surface area contributed by atoms with E-state index in [9.17, 15) is 22.0 Å². The van der Waals surface area contributed by atoms with Crippen molar-refractivity contribution in [3.63, 3.8) is 0 Å². The number of benzene rings is 3. The van der Waals surface area contributed by atoms with Crippen molar-refractivity contribution in [2.24, 2.45) is 0 Å². The van der Waals surface area contributed by atoms with Crippen LogP contribution in [-0.2, 0) is 10.0 Å². The fraction of sp³-hybridized carbons (Fsp3) is 0.136. The number of aryl methyl sites for hydroxylation is 1. The maximum absolute atomic E-state index is 13.0. The van der Waals surface area contributed by atoms with E-state index in [1.165, 1.54) is 37.4 Å². The van der Waals surface area contributed by atoms with Crippen LogP contribution >= 0.6 is 11.8 Å². The van der Waals surface area contributed by atoms with Crippen molar-refractivity contribution in [1.82, 2.24) is 0 Å². The molecule has 0 spiro atoms. The molecule has 0 unspecified atom stereocenters. The Balaban J connectivity index is 1.90. The monoisotopic (exact) mass is 478 g/mol. The lowest BCUT2D eigenvalue weighted by Gasteiger charge is -2.14. The molecule has 1 amide bonds. The smallest absolute Gasteiger partial charge is 0.288 e. The summed E-state index contributed by atoms with van der Waals surface area (Å²) in [5.41, 5.74) is 1.53. The van der Waals surface area contributed by atoms with Gasteiger partial charge in [-0.25, -0.2) is 8.42 Å². The molecule has 0 bridgehead atoms. The lowest BCUT2D eigenvalue weighted by Crippen LogP contribution is -2.17. The van der Waals surface area contributed by atoms with E-state index in [2.05, 4.69) is 10.0 Å². The summed E-state index contributed by atoms with van der Waals surface area (Å²) < 4.78 is 59.1. The first-order valence-corrected chi connectivity index (χ1v) is 11.7. The fourth-order valence-electron chi connectivity index (χ4n) is 2.82. The predicted molar refractivity (Wildman–Crippen MR) is 121 cm³/mol. The molecule has 6 nitrogen and oxygen atoms in total. The third kappa shape index (κ3) is 5.77. The molecule has 0 aliphatic heterocycles. The van der Waals surface area contributed by atoms with Gasteiger partial charge in [-0.2, -0.15) is 8.78 Å². The van der Waals surface area contributed by atoms with Gasteiger partial charge in [0.25, 0.3) is 21.7 Å². The van der Waals surface area contributed by atoms with Crippen molar-refractivity contribution in [3.8, 4) is 5.75 Å². The van der Waals surface area contributed by atoms with Crippen molar-refractivity contribution in [1.29, 1.82) is 0 Å². The SMILES string of the molecule is COc1ccc(C(=O)Nc2ccccc2SC(F)F)cc1S(=O)(=O)Nc1ccc(C)cc1. The molecule has 32 heavy (non-hydrogen) atoms. The van der Waals surface area contributed by atoms with Gasteiger partial charge < -0.3 is 10.1 Å². The number of rotatable bonds is 8. The second kappa shape index (κ2) is 10.0. The summed E-state index contributed by atoms with van der Waals surface area (Å²) in [6, 6.07) is 16.8. The van der Waals surface area contributed by atoms with Crippen LogP contribution in [0.25, 0.3) is 0 Å². The van der Waals surface area contributed by atoms with Crippen LogP contribution in [0.2, 0.25) is 0 Å². The van der Waals surface area contributed by atoms with Crippen molar-refractivity contribution in [3.05, 3.63) is 77.9 Å². The van der Waals surface area contributed by atoms with Crippen molar-refractivity contribution < 1.29 is 26.7 Å². The van der Waals surface area contributed by atoms with Gasteiger partial charge in [0, 0.05) is 16.1 Å². The fourth-order valence-corrected chi connectivity index (χ4v) is 4.67. The molecule has 0 aliphatic rings. The number of nitrogens with one attached hydrogen (secondary N) is 2. The van der Waals surface area contributed by atoms with Gasteiger partial charge in [0.05, 0.1) is 12.8 Å². The number of carbonyl (C=O) groups is 1. The average Bonchev–Trinajstić information content (AvgIpc) is 2.75. The van der Waals surface area contributed by atoms with Crippen LogP contribution in [0.1, 0.15) is 15.9 Å². The van der Waals surface area contributed by atoms with E-state index in [1.807, 2.05) is 6.92 Å². The van der Waals surface area contributed by atoms with Crippen molar-refractivity contribution in [2.75, 3.05) is 17.1 Å². The maximum Gasteiger partial charge on any atom is 0.288 e. The Morgan fingerprint density at radius 1 is 1.03 bits per heavy atom. The van der Waals surface area contributed by atoms with Crippen LogP contribution < -0.4 is 14.8 Å². The number of sulfonamides is 1. The maximum atomic E-state index is 13.0. The summed E-state index contributed by atoms with van der Waals surface area (Å²) in [5.74, 6) is -3.25. The van der Waals surface area contributed by atoms with Gasteiger partial charge in [0.15, 0.2) is 0 Å². The van der Waals surface area contributed by atoms with E-state index in [4.69, 9.17) is 4.74 Å². The number of carbonyl (C=O) groups excluding carboxylic acids is 1. The molecule has 0 atom stereocenters. The number of anilines is 2. The van der Waals surface area contributed by atoms with Crippen molar-refractivity contribution in [2.45, 2.75) is 22.5 Å². The van der Waals surface area contributed by atoms with E-state index in [1.54, 1.807) is 36.4 Å². The van der Waals surface area contributed by atoms with E-state index < -0.39 is 21.7 Å². The number of hydrogen-bond donors (Lipinski definition) is 2. The number of amides is 1. The van der Waals surface area contributed by atoms with Gasteiger partial charge >= 0.3 is 0 Å². The summed E-state index contributed by atoms with van der Waals surface area (Å²) in [4.78, 5) is 12.7. The zero-order valence-electron chi connectivity index (χ0n) is 17.1. The minimum Gasteiger partial charge on any atom is -0.495 e. The lowest BCUT2D eigenvalue weighted by atomic mass is 10.2. The van der Waals surface area contributed by atoms with E-state index >= 15 is 0 Å². The average molecular weight is 479 g/mol. The molecule has 10 heteroatoms. The molecular formula is C22H20F2N2O4S2. The molecule has 0 saturated heterocycles. The predicted octanol–water partition coefficient (Wildman–Crippen LogP) is 5.37. The third-order valence-corrected chi connectivity index (χ3v) is 6.56. The molecule has 0 saturated carbocycles. The second-order valence-corrected chi connectivity index (χ2v) is 9.35. The summed E-state index contributed by atoms with van der Waals surface area (Å²) in [6.45, 7) is 1.88. The first kappa shape index (κ1) is 23.6. The zero-order valence-corrected chi connectivity index (χ0v) is 18.8. The standard InChI is InChI=1S/C22H20F2N2O4S2/c1-14-7-10-16(11-8-14)26-32(28,29)20-13-15(9-12-18(20)30-2)21(27)25-17-5-3-4-6-19(17)31-22(23)24/h3-13,22,26H,1-2H3,(H,25,27). The Labute approximate surface area is 189 Å². The quantitative estimate of drug-likeness (QED) is 0.425. The summed E-state index contributed by atoms with van der Waals surface area (Å²) in [6.07, 6.45) is 0. The first-order valence-electron chi connectivity index (χ1n) is 9.32. The Kier molecular flexibility index (Phi) is 7.37. The van der Waals surface area contributed by atoms with Crippen molar-refractivity contribution >= 4 is 39.1 Å². The van der Waals surface area contributed by atoms with E-state index in [0.29, 0.717) is 17.4 Å². The molecule has 0 aromatic heterocycles. The highest BCUT2D eigenvalue weighted by Crippen LogP contribution is 2.32. The molecule has 168 valence electrons. The van der Waals surface area contributed by atoms with E-state index in [0.717, 1.165) is 5.56 Å². The first-order chi connectivity index (χ1) is 15.2. The van der Waals surface area contributed by atoms with Crippen LogP contribution in [0.3, 0.4) is 0 Å². The minimum absolute atomic E-state index is 0.0203. The molecule has 3 rings (SSSR count). The van der Waals surface area contributed by atoms with E-state index in [-0.39, 0.29) is 26.8 Å². The largest absolute Gasteiger partial charge is 0.495 e. The Morgan fingerprint density at radius 2 is 1.72 bits per heavy atom. The molecule has 3 aromatic carbocycles. The van der Waals surface area contributed by atoms with Gasteiger partial charge in [-0.1, -0.05) is 41.6 Å². The number of para-hydroxylation sites is 1. The van der Waals surface area contributed by atoms with Gasteiger partial charge in [-0.15, -0.1) is 0 Å². The number of halogens is 2. The van der Waals surface area contributed by atoms with Crippen LogP contribution in [-0.4, -0.2) is 27.2 Å². The molecule has 3 aromatic rings. The summed E-state index contributed by atoms with van der Waals surface area (Å²) in [7, 11) is -2.76. The van der Waals surface area contributed by atoms with Gasteiger partial charge in [-0.05, 0) is 49.4 Å². The van der Waals surface area contributed by atoms with Crippen LogP contribution in [0.15, 0.2) is 76.5 Å². The number of ether oxygens (including phenoxy) is 1. The summed E-state index contributed by atoms with van der Waals surface area (Å²) >= 11 is 0.304. The van der Waals surface area contributed by atoms with Crippen LogP contribution in [0.4, 0.5) is 20.2 Å². The minimum atomic E-state index is -4.08. The molecular weight excluding hydrogens is 458 g/mol. The molecule has 0 aliphatic carbocycles. The highest BCUT2D eigenvalue weighted by atomic mass is 32.2. The Bertz CT molecular complexity index is 1220. The third-order valence-electron chi connectivity index (χ3n) is 4.37. The van der Waals surface area contributed by atoms with Gasteiger partial charge in [0.2, 0.25) is 0 Å². The van der Waals surface area contributed by atoms with Gasteiger partial charge in [-0.3, -0.25) is 9.52 Å².